The predicted molar refractivity (Wildman–Crippen MR) is 43.8 cm³/mol. The van der Waals surface area contributed by atoms with Gasteiger partial charge in [-0.3, -0.25) is 4.79 Å². The standard InChI is InChI=1S/C9H11ClO2/c1-3(11)12-9-5-2-4-6(7(4)9)8(5)10/h4-9H,2H2,1H3/t4-,5+,6?,7?,8-,9-/m0/s1. The molecule has 2 nitrogen and oxygen atoms in total. The number of alkyl halides is 1. The molecule has 0 heterocycles. The summed E-state index contributed by atoms with van der Waals surface area (Å²) in [4.78, 5) is 10.8. The van der Waals surface area contributed by atoms with Crippen LogP contribution in [0, 0.1) is 23.7 Å². The molecule has 0 radical (unpaired) electrons. The summed E-state index contributed by atoms with van der Waals surface area (Å²) in [7, 11) is 0. The van der Waals surface area contributed by atoms with Gasteiger partial charge in [0.2, 0.25) is 0 Å². The van der Waals surface area contributed by atoms with Crippen molar-refractivity contribution in [1.29, 1.82) is 0 Å². The number of halogens is 1. The number of rotatable bonds is 1. The van der Waals surface area contributed by atoms with Crippen LogP contribution in [0.25, 0.3) is 0 Å². The van der Waals surface area contributed by atoms with Gasteiger partial charge in [-0.2, -0.15) is 0 Å². The molecule has 12 heavy (non-hydrogen) atoms. The Kier molecular flexibility index (Phi) is 1.19. The summed E-state index contributed by atoms with van der Waals surface area (Å²) in [5, 5.41) is 0.296. The van der Waals surface area contributed by atoms with Gasteiger partial charge in [-0.05, 0) is 18.3 Å². The van der Waals surface area contributed by atoms with E-state index in [1.165, 1.54) is 13.3 Å². The molecule has 4 rings (SSSR count). The number of hydrogen-bond donors (Lipinski definition) is 0. The first-order valence-electron chi connectivity index (χ1n) is 4.51. The highest BCUT2D eigenvalue weighted by Crippen LogP contribution is 2.72. The van der Waals surface area contributed by atoms with E-state index in [9.17, 15) is 4.79 Å². The molecule has 4 bridgehead atoms. The summed E-state index contributed by atoms with van der Waals surface area (Å²) in [5.41, 5.74) is 0. The van der Waals surface area contributed by atoms with Crippen LogP contribution < -0.4 is 0 Å². The largest absolute Gasteiger partial charge is 0.462 e. The van der Waals surface area contributed by atoms with Crippen LogP contribution in [0.1, 0.15) is 13.3 Å². The molecule has 4 fully saturated rings. The van der Waals surface area contributed by atoms with E-state index in [0.717, 1.165) is 5.92 Å². The molecule has 0 aliphatic heterocycles. The third-order valence-corrected chi connectivity index (χ3v) is 4.33. The minimum absolute atomic E-state index is 0.151. The van der Waals surface area contributed by atoms with Gasteiger partial charge in [-0.25, -0.2) is 0 Å². The second-order valence-electron chi connectivity index (χ2n) is 4.24. The van der Waals surface area contributed by atoms with Crippen LogP contribution in [0.5, 0.6) is 0 Å². The van der Waals surface area contributed by atoms with Gasteiger partial charge in [0.05, 0.1) is 0 Å². The van der Waals surface area contributed by atoms with Gasteiger partial charge in [0.25, 0.3) is 0 Å². The SMILES string of the molecule is CC(=O)O[C@@H]1C2C3[C@@H]2C[C@@H]1[C@@H]3Cl. The molecule has 0 aromatic rings. The van der Waals surface area contributed by atoms with Gasteiger partial charge in [-0.15, -0.1) is 11.6 Å². The zero-order valence-corrected chi connectivity index (χ0v) is 7.62. The van der Waals surface area contributed by atoms with Crippen LogP contribution >= 0.6 is 11.6 Å². The molecule has 0 aromatic carbocycles. The summed E-state index contributed by atoms with van der Waals surface area (Å²) < 4.78 is 5.27. The molecule has 4 saturated carbocycles. The van der Waals surface area contributed by atoms with Crippen molar-refractivity contribution in [3.05, 3.63) is 0 Å². The number of carbonyl (C=O) groups is 1. The Labute approximate surface area is 76.2 Å². The Balaban J connectivity index is 1.80. The second kappa shape index (κ2) is 1.98. The molecule has 0 aromatic heterocycles. The van der Waals surface area contributed by atoms with E-state index in [4.69, 9.17) is 16.3 Å². The van der Waals surface area contributed by atoms with Gasteiger partial charge in [0, 0.05) is 24.1 Å². The molecule has 6 atom stereocenters. The second-order valence-corrected chi connectivity index (χ2v) is 4.74. The number of hydrogen-bond acceptors (Lipinski definition) is 2. The maximum Gasteiger partial charge on any atom is 0.302 e. The number of carbonyl (C=O) groups excluding carboxylic acids is 1. The van der Waals surface area contributed by atoms with Crippen molar-refractivity contribution in [2.24, 2.45) is 23.7 Å². The third-order valence-electron chi connectivity index (χ3n) is 3.72. The van der Waals surface area contributed by atoms with Gasteiger partial charge < -0.3 is 4.74 Å². The minimum Gasteiger partial charge on any atom is -0.462 e. The van der Waals surface area contributed by atoms with Gasteiger partial charge in [0.15, 0.2) is 0 Å². The van der Waals surface area contributed by atoms with Crippen molar-refractivity contribution < 1.29 is 9.53 Å². The van der Waals surface area contributed by atoms with Gasteiger partial charge in [0.1, 0.15) is 6.10 Å². The summed E-state index contributed by atoms with van der Waals surface area (Å²) in [6.45, 7) is 1.48. The summed E-state index contributed by atoms with van der Waals surface area (Å²) >= 11 is 6.18. The molecule has 0 N–H and O–H groups in total. The lowest BCUT2D eigenvalue weighted by Crippen LogP contribution is -2.22. The molecule has 66 valence electrons. The van der Waals surface area contributed by atoms with Crippen LogP contribution in [0.2, 0.25) is 0 Å². The van der Waals surface area contributed by atoms with Crippen LogP contribution in [0.3, 0.4) is 0 Å². The van der Waals surface area contributed by atoms with Crippen LogP contribution in [0.15, 0.2) is 0 Å². The molecule has 0 saturated heterocycles. The monoisotopic (exact) mass is 186 g/mol. The zero-order valence-electron chi connectivity index (χ0n) is 6.87. The van der Waals surface area contributed by atoms with Crippen LogP contribution in [-0.4, -0.2) is 17.5 Å². The maximum atomic E-state index is 10.8. The quantitative estimate of drug-likeness (QED) is 0.458. The molecule has 0 amide bonds. The topological polar surface area (TPSA) is 26.3 Å². The van der Waals surface area contributed by atoms with Crippen molar-refractivity contribution in [1.82, 2.24) is 0 Å². The van der Waals surface area contributed by atoms with Crippen molar-refractivity contribution in [3.8, 4) is 0 Å². The molecular weight excluding hydrogens is 176 g/mol. The third kappa shape index (κ3) is 0.657. The van der Waals surface area contributed by atoms with Gasteiger partial charge in [-0.1, -0.05) is 0 Å². The average Bonchev–Trinajstić information content (AvgIpc) is 2.34. The number of esters is 1. The summed E-state index contributed by atoms with van der Waals surface area (Å²) in [6.07, 6.45) is 1.36. The van der Waals surface area contributed by atoms with E-state index in [2.05, 4.69) is 0 Å². The molecule has 4 aliphatic carbocycles. The molecule has 2 unspecified atom stereocenters. The fourth-order valence-electron chi connectivity index (χ4n) is 3.34. The van der Waals surface area contributed by atoms with Crippen molar-refractivity contribution in [2.75, 3.05) is 0 Å². The minimum atomic E-state index is -0.151. The van der Waals surface area contributed by atoms with E-state index in [1.807, 2.05) is 0 Å². The Bertz CT molecular complexity index is 253. The average molecular weight is 187 g/mol. The normalized spacial score (nSPS) is 58.8. The lowest BCUT2D eigenvalue weighted by molar-refractivity contribution is -0.148. The Morgan fingerprint density at radius 1 is 1.42 bits per heavy atom. The molecular formula is C9H11ClO2. The smallest absolute Gasteiger partial charge is 0.302 e. The highest BCUT2D eigenvalue weighted by atomic mass is 35.5. The van der Waals surface area contributed by atoms with Crippen molar-refractivity contribution in [2.45, 2.75) is 24.8 Å². The van der Waals surface area contributed by atoms with E-state index in [0.29, 0.717) is 23.1 Å². The van der Waals surface area contributed by atoms with E-state index >= 15 is 0 Å². The highest BCUT2D eigenvalue weighted by molar-refractivity contribution is 6.21. The summed E-state index contributed by atoms with van der Waals surface area (Å²) in [6, 6.07) is 0. The first-order chi connectivity index (χ1) is 5.70. The van der Waals surface area contributed by atoms with Crippen LogP contribution in [0.4, 0.5) is 0 Å². The van der Waals surface area contributed by atoms with E-state index in [-0.39, 0.29) is 12.1 Å². The lowest BCUT2D eigenvalue weighted by Gasteiger charge is -2.16. The van der Waals surface area contributed by atoms with E-state index < -0.39 is 0 Å². The predicted octanol–water partition coefficient (Wildman–Crippen LogP) is 1.42. The zero-order chi connectivity index (χ0) is 8.46. The molecule has 3 heteroatoms. The first kappa shape index (κ1) is 7.19. The summed E-state index contributed by atoms with van der Waals surface area (Å²) in [5.74, 6) is 2.42. The fourth-order valence-corrected chi connectivity index (χ4v) is 3.94. The molecule has 0 spiro atoms. The van der Waals surface area contributed by atoms with E-state index in [1.54, 1.807) is 0 Å². The van der Waals surface area contributed by atoms with Crippen molar-refractivity contribution >= 4 is 17.6 Å². The van der Waals surface area contributed by atoms with Crippen LogP contribution in [-0.2, 0) is 9.53 Å². The Morgan fingerprint density at radius 2 is 2.17 bits per heavy atom. The highest BCUT2D eigenvalue weighted by Gasteiger charge is 2.74. The lowest BCUT2D eigenvalue weighted by atomic mass is 10.1. The number of ether oxygens (including phenoxy) is 1. The Morgan fingerprint density at radius 3 is 2.50 bits per heavy atom. The fraction of sp³-hybridized carbons (Fsp3) is 0.889. The van der Waals surface area contributed by atoms with Gasteiger partial charge >= 0.3 is 5.97 Å². The molecule has 4 aliphatic rings. The first-order valence-corrected chi connectivity index (χ1v) is 4.95. The maximum absolute atomic E-state index is 10.8. The Hall–Kier alpha value is -0.240. The van der Waals surface area contributed by atoms with Crippen molar-refractivity contribution in [3.63, 3.8) is 0 Å².